The molecule has 1 aromatic heterocycles. The van der Waals surface area contributed by atoms with Crippen molar-refractivity contribution in [3.63, 3.8) is 0 Å². The molecule has 0 amide bonds. The number of halogens is 1. The Morgan fingerprint density at radius 2 is 2.28 bits per heavy atom. The Morgan fingerprint density at radius 1 is 1.56 bits per heavy atom. The third-order valence-corrected chi connectivity index (χ3v) is 6.39. The van der Waals surface area contributed by atoms with Gasteiger partial charge in [-0.15, -0.1) is 11.3 Å². The van der Waals surface area contributed by atoms with Gasteiger partial charge in [0.25, 0.3) is 10.0 Å². The largest absolute Gasteiger partial charge is 0.469 e. The molecule has 0 bridgehead atoms. The second kappa shape index (κ2) is 5.16. The lowest BCUT2D eigenvalue weighted by atomic mass is 10.1. The van der Waals surface area contributed by atoms with Gasteiger partial charge in [0.1, 0.15) is 4.21 Å². The third kappa shape index (κ3) is 2.54. The second-order valence-corrected chi connectivity index (χ2v) is 7.81. The predicted octanol–water partition coefficient (Wildman–Crippen LogP) is 1.59. The molecule has 2 heterocycles. The molecule has 100 valence electrons. The van der Waals surface area contributed by atoms with E-state index in [2.05, 4.69) is 4.74 Å². The molecule has 2 rings (SSSR count). The molecule has 1 aromatic rings. The van der Waals surface area contributed by atoms with Crippen molar-refractivity contribution < 1.29 is 17.9 Å². The van der Waals surface area contributed by atoms with E-state index in [-0.39, 0.29) is 22.6 Å². The van der Waals surface area contributed by atoms with E-state index in [1.165, 1.54) is 17.5 Å². The van der Waals surface area contributed by atoms with Crippen molar-refractivity contribution in [2.75, 3.05) is 20.2 Å². The minimum absolute atomic E-state index is 0.171. The highest BCUT2D eigenvalue weighted by Gasteiger charge is 2.36. The van der Waals surface area contributed by atoms with Gasteiger partial charge in [0, 0.05) is 13.1 Å². The molecule has 1 aliphatic rings. The van der Waals surface area contributed by atoms with Gasteiger partial charge in [-0.3, -0.25) is 4.79 Å². The van der Waals surface area contributed by atoms with Crippen LogP contribution in [0.1, 0.15) is 6.42 Å². The van der Waals surface area contributed by atoms with E-state index in [4.69, 9.17) is 11.6 Å². The van der Waals surface area contributed by atoms with E-state index in [1.807, 2.05) is 0 Å². The number of nitrogens with zero attached hydrogens (tertiary/aromatic N) is 1. The van der Waals surface area contributed by atoms with Gasteiger partial charge in [-0.05, 0) is 18.6 Å². The van der Waals surface area contributed by atoms with E-state index < -0.39 is 10.0 Å². The van der Waals surface area contributed by atoms with Crippen LogP contribution in [-0.4, -0.2) is 38.9 Å². The number of hydrogen-bond acceptors (Lipinski definition) is 5. The van der Waals surface area contributed by atoms with Crippen LogP contribution in [0.25, 0.3) is 0 Å². The molecule has 8 heteroatoms. The standard InChI is InChI=1S/C10H12ClNO4S2/c1-16-10(13)7-4-5-12(6-7)18(14,15)9-3-2-8(11)17-9/h2-3,7H,4-6H2,1H3. The number of ether oxygens (including phenoxy) is 1. The first-order chi connectivity index (χ1) is 8.45. The zero-order chi connectivity index (χ0) is 13.3. The highest BCUT2D eigenvalue weighted by Crippen LogP contribution is 2.31. The molecule has 5 nitrogen and oxygen atoms in total. The zero-order valence-electron chi connectivity index (χ0n) is 9.63. The van der Waals surface area contributed by atoms with Gasteiger partial charge in [0.05, 0.1) is 17.4 Å². The summed E-state index contributed by atoms with van der Waals surface area (Å²) in [4.78, 5) is 11.4. The average molecular weight is 310 g/mol. The number of hydrogen-bond donors (Lipinski definition) is 0. The van der Waals surface area contributed by atoms with Crippen molar-refractivity contribution in [2.24, 2.45) is 5.92 Å². The highest BCUT2D eigenvalue weighted by atomic mass is 35.5. The number of thiophene rings is 1. The Hall–Kier alpha value is -0.630. The second-order valence-electron chi connectivity index (χ2n) is 3.93. The SMILES string of the molecule is COC(=O)C1CCN(S(=O)(=O)c2ccc(Cl)s2)C1. The first kappa shape index (κ1) is 13.8. The molecular formula is C10H12ClNO4S2. The zero-order valence-corrected chi connectivity index (χ0v) is 12.0. The normalized spacial score (nSPS) is 21.1. The molecular weight excluding hydrogens is 298 g/mol. The molecule has 0 radical (unpaired) electrons. The van der Waals surface area contributed by atoms with Crippen molar-refractivity contribution >= 4 is 38.9 Å². The summed E-state index contributed by atoms with van der Waals surface area (Å²) in [7, 11) is -2.23. The van der Waals surface area contributed by atoms with Crippen molar-refractivity contribution in [3.8, 4) is 0 Å². The third-order valence-electron chi connectivity index (χ3n) is 2.83. The monoisotopic (exact) mass is 309 g/mol. The van der Waals surface area contributed by atoms with Crippen LogP contribution in [0, 0.1) is 5.92 Å². The van der Waals surface area contributed by atoms with E-state index in [1.54, 1.807) is 6.07 Å². The molecule has 1 aliphatic heterocycles. The molecule has 1 unspecified atom stereocenters. The Kier molecular flexibility index (Phi) is 3.96. The van der Waals surface area contributed by atoms with Gasteiger partial charge < -0.3 is 4.74 Å². The highest BCUT2D eigenvalue weighted by molar-refractivity contribution is 7.91. The van der Waals surface area contributed by atoms with E-state index in [0.29, 0.717) is 17.3 Å². The lowest BCUT2D eigenvalue weighted by Crippen LogP contribution is -2.29. The smallest absolute Gasteiger partial charge is 0.310 e. The van der Waals surface area contributed by atoms with Gasteiger partial charge in [-0.2, -0.15) is 4.31 Å². The molecule has 0 N–H and O–H groups in total. The van der Waals surface area contributed by atoms with Crippen LogP contribution in [0.4, 0.5) is 0 Å². The van der Waals surface area contributed by atoms with E-state index >= 15 is 0 Å². The molecule has 1 atom stereocenters. The number of methoxy groups -OCH3 is 1. The van der Waals surface area contributed by atoms with Crippen molar-refractivity contribution in [3.05, 3.63) is 16.5 Å². The molecule has 18 heavy (non-hydrogen) atoms. The molecule has 1 fully saturated rings. The van der Waals surface area contributed by atoms with Crippen LogP contribution in [0.3, 0.4) is 0 Å². The summed E-state index contributed by atoms with van der Waals surface area (Å²) in [5, 5.41) is 0. The fraction of sp³-hybridized carbons (Fsp3) is 0.500. The molecule has 0 aliphatic carbocycles. The summed E-state index contributed by atoms with van der Waals surface area (Å²) >= 11 is 6.75. The minimum Gasteiger partial charge on any atom is -0.469 e. The van der Waals surface area contributed by atoms with Crippen LogP contribution in [0.5, 0.6) is 0 Å². The fourth-order valence-corrected chi connectivity index (χ4v) is 5.01. The topological polar surface area (TPSA) is 63.7 Å². The molecule has 0 aromatic carbocycles. The van der Waals surface area contributed by atoms with Crippen LogP contribution in [0.15, 0.2) is 16.3 Å². The average Bonchev–Trinajstić information content (AvgIpc) is 2.96. The van der Waals surface area contributed by atoms with Gasteiger partial charge in [0.15, 0.2) is 0 Å². The van der Waals surface area contributed by atoms with Crippen molar-refractivity contribution in [1.29, 1.82) is 0 Å². The first-order valence-corrected chi connectivity index (χ1v) is 7.92. The maximum atomic E-state index is 12.2. The molecule has 1 saturated heterocycles. The van der Waals surface area contributed by atoms with Gasteiger partial charge >= 0.3 is 5.97 Å². The quantitative estimate of drug-likeness (QED) is 0.795. The predicted molar refractivity (Wildman–Crippen MR) is 68.2 cm³/mol. The first-order valence-electron chi connectivity index (χ1n) is 5.28. The molecule has 0 saturated carbocycles. The van der Waals surface area contributed by atoms with Crippen LogP contribution >= 0.6 is 22.9 Å². The Balaban J connectivity index is 2.16. The molecule has 0 spiro atoms. The minimum atomic E-state index is -3.53. The maximum Gasteiger partial charge on any atom is 0.310 e. The van der Waals surface area contributed by atoms with E-state index in [0.717, 1.165) is 11.3 Å². The van der Waals surface area contributed by atoms with Crippen LogP contribution in [0.2, 0.25) is 4.34 Å². The summed E-state index contributed by atoms with van der Waals surface area (Å²) in [6.45, 7) is 0.502. The van der Waals surface area contributed by atoms with Gasteiger partial charge in [-0.1, -0.05) is 11.6 Å². The fourth-order valence-electron chi connectivity index (χ4n) is 1.87. The van der Waals surface area contributed by atoms with Gasteiger partial charge in [0.2, 0.25) is 0 Å². The van der Waals surface area contributed by atoms with E-state index in [9.17, 15) is 13.2 Å². The summed E-state index contributed by atoms with van der Waals surface area (Å²) in [6, 6.07) is 3.03. The Morgan fingerprint density at radius 3 is 2.83 bits per heavy atom. The summed E-state index contributed by atoms with van der Waals surface area (Å²) in [5.74, 6) is -0.739. The van der Waals surface area contributed by atoms with Crippen molar-refractivity contribution in [2.45, 2.75) is 10.6 Å². The number of carbonyl (C=O) groups is 1. The Labute approximate surface area is 114 Å². The summed E-state index contributed by atoms with van der Waals surface area (Å²) in [5.41, 5.74) is 0. The Bertz CT molecular complexity index is 554. The lowest BCUT2D eigenvalue weighted by Gasteiger charge is -2.14. The summed E-state index contributed by atoms with van der Waals surface area (Å²) in [6.07, 6.45) is 0.491. The number of rotatable bonds is 3. The van der Waals surface area contributed by atoms with Gasteiger partial charge in [-0.25, -0.2) is 8.42 Å². The summed E-state index contributed by atoms with van der Waals surface area (Å²) < 4.78 is 31.0. The number of sulfonamides is 1. The number of carbonyl (C=O) groups excluding carboxylic acids is 1. The van der Waals surface area contributed by atoms with Crippen LogP contribution in [-0.2, 0) is 19.6 Å². The maximum absolute atomic E-state index is 12.2. The van der Waals surface area contributed by atoms with Crippen LogP contribution < -0.4 is 0 Å². The lowest BCUT2D eigenvalue weighted by molar-refractivity contribution is -0.144. The number of esters is 1. The van der Waals surface area contributed by atoms with Crippen molar-refractivity contribution in [1.82, 2.24) is 4.31 Å².